The number of hydroxylamine groups is 1. The molecule has 0 rings (SSSR count). The number of carbonyl (C=O) groups is 1. The van der Waals surface area contributed by atoms with E-state index in [9.17, 15) is 4.79 Å². The Balaban J connectivity index is 3.43. The SMILES string of the molecule is C#CC(=O)ONC(N)=S. The zero-order valence-corrected chi connectivity index (χ0v) is 5.20. The Morgan fingerprint density at radius 2 is 2.44 bits per heavy atom. The molecule has 0 aliphatic carbocycles. The van der Waals surface area contributed by atoms with E-state index in [-0.39, 0.29) is 5.11 Å². The van der Waals surface area contributed by atoms with Gasteiger partial charge >= 0.3 is 5.97 Å². The van der Waals surface area contributed by atoms with Crippen LogP contribution in [-0.4, -0.2) is 11.1 Å². The monoisotopic (exact) mass is 144 g/mol. The first kappa shape index (κ1) is 7.72. The maximum Gasteiger partial charge on any atom is 0.408 e. The molecule has 0 saturated heterocycles. The summed E-state index contributed by atoms with van der Waals surface area (Å²) < 4.78 is 0. The normalized spacial score (nSPS) is 7.00. The second kappa shape index (κ2) is 3.69. The molecule has 0 aromatic rings. The van der Waals surface area contributed by atoms with Crippen molar-refractivity contribution in [2.45, 2.75) is 0 Å². The van der Waals surface area contributed by atoms with Gasteiger partial charge in [0.2, 0.25) is 0 Å². The van der Waals surface area contributed by atoms with E-state index in [0.29, 0.717) is 0 Å². The minimum absolute atomic E-state index is 0.140. The van der Waals surface area contributed by atoms with Gasteiger partial charge < -0.3 is 10.6 Å². The molecule has 0 spiro atoms. The summed E-state index contributed by atoms with van der Waals surface area (Å²) in [6.07, 6.45) is 4.61. The molecular weight excluding hydrogens is 140 g/mol. The Morgan fingerprint density at radius 3 is 2.78 bits per heavy atom. The van der Waals surface area contributed by atoms with Gasteiger partial charge in [-0.3, -0.25) is 0 Å². The Morgan fingerprint density at radius 1 is 1.89 bits per heavy atom. The Hall–Kier alpha value is -1.28. The average Bonchev–Trinajstić information content (AvgIpc) is 1.83. The van der Waals surface area contributed by atoms with Crippen LogP contribution in [0.25, 0.3) is 0 Å². The highest BCUT2D eigenvalue weighted by molar-refractivity contribution is 7.80. The number of rotatable bonds is 0. The lowest BCUT2D eigenvalue weighted by molar-refractivity contribution is -0.140. The molecule has 0 aliphatic heterocycles. The van der Waals surface area contributed by atoms with Gasteiger partial charge in [-0.25, -0.2) is 4.79 Å². The molecule has 9 heavy (non-hydrogen) atoms. The maximum absolute atomic E-state index is 10.1. The van der Waals surface area contributed by atoms with Gasteiger partial charge in [-0.1, -0.05) is 0 Å². The van der Waals surface area contributed by atoms with Crippen molar-refractivity contribution in [3.63, 3.8) is 0 Å². The highest BCUT2D eigenvalue weighted by atomic mass is 32.1. The fourth-order valence-electron chi connectivity index (χ4n) is 0.126. The smallest absolute Gasteiger partial charge is 0.374 e. The molecule has 0 unspecified atom stereocenters. The Bertz CT molecular complexity index is 172. The highest BCUT2D eigenvalue weighted by Gasteiger charge is 1.93. The summed E-state index contributed by atoms with van der Waals surface area (Å²) in [5, 5.41) is -0.140. The topological polar surface area (TPSA) is 64.3 Å². The van der Waals surface area contributed by atoms with E-state index in [1.807, 2.05) is 5.48 Å². The third-order valence-electron chi connectivity index (χ3n) is 0.362. The summed E-state index contributed by atoms with van der Waals surface area (Å²) in [5.74, 6) is 0.823. The number of nitrogens with two attached hydrogens (primary N) is 1. The molecule has 0 bridgehead atoms. The number of hydrogen-bond acceptors (Lipinski definition) is 3. The van der Waals surface area contributed by atoms with Crippen LogP contribution >= 0.6 is 12.2 Å². The molecule has 0 heterocycles. The van der Waals surface area contributed by atoms with Crippen molar-refractivity contribution in [2.24, 2.45) is 5.73 Å². The lowest BCUT2D eigenvalue weighted by Crippen LogP contribution is -2.31. The van der Waals surface area contributed by atoms with Crippen molar-refractivity contribution in [3.05, 3.63) is 0 Å². The molecule has 3 N–H and O–H groups in total. The maximum atomic E-state index is 10.1. The van der Waals surface area contributed by atoms with Crippen molar-refractivity contribution >= 4 is 23.3 Å². The largest absolute Gasteiger partial charge is 0.408 e. The Labute approximate surface area is 57.3 Å². The summed E-state index contributed by atoms with van der Waals surface area (Å²) >= 11 is 4.28. The lowest BCUT2D eigenvalue weighted by atomic mass is 10.7. The van der Waals surface area contributed by atoms with Crippen molar-refractivity contribution in [1.82, 2.24) is 5.48 Å². The van der Waals surface area contributed by atoms with Crippen LogP contribution in [0.1, 0.15) is 0 Å². The first-order valence-corrected chi connectivity index (χ1v) is 2.30. The quantitative estimate of drug-likeness (QED) is 0.257. The highest BCUT2D eigenvalue weighted by Crippen LogP contribution is 1.66. The van der Waals surface area contributed by atoms with E-state index in [2.05, 4.69) is 23.5 Å². The fraction of sp³-hybridized carbons (Fsp3) is 0. The zero-order chi connectivity index (χ0) is 7.28. The second-order valence-electron chi connectivity index (χ2n) is 1.00. The summed E-state index contributed by atoms with van der Waals surface area (Å²) in [7, 11) is 0. The molecular formula is C4H4N2O2S. The molecule has 0 atom stereocenters. The van der Waals surface area contributed by atoms with Crippen molar-refractivity contribution in [3.8, 4) is 12.3 Å². The van der Waals surface area contributed by atoms with Crippen molar-refractivity contribution in [1.29, 1.82) is 0 Å². The predicted molar refractivity (Wildman–Crippen MR) is 34.8 cm³/mol. The molecule has 0 aromatic heterocycles. The van der Waals surface area contributed by atoms with Gasteiger partial charge in [0.15, 0.2) is 5.11 Å². The summed E-state index contributed by atoms with van der Waals surface area (Å²) in [5.41, 5.74) is 6.78. The molecule has 0 amide bonds. The summed E-state index contributed by atoms with van der Waals surface area (Å²) in [6, 6.07) is 0. The number of thiocarbonyl (C=S) groups is 1. The minimum atomic E-state index is -0.859. The van der Waals surface area contributed by atoms with Gasteiger partial charge in [0.1, 0.15) is 0 Å². The molecule has 0 aliphatic rings. The average molecular weight is 144 g/mol. The molecule has 0 fully saturated rings. The number of hydrogen-bond donors (Lipinski definition) is 2. The van der Waals surface area contributed by atoms with Gasteiger partial charge in [0.05, 0.1) is 0 Å². The van der Waals surface area contributed by atoms with E-state index < -0.39 is 5.97 Å². The second-order valence-corrected chi connectivity index (χ2v) is 1.44. The predicted octanol–water partition coefficient (Wildman–Crippen LogP) is -1.09. The summed E-state index contributed by atoms with van der Waals surface area (Å²) in [6.45, 7) is 0. The van der Waals surface area contributed by atoms with Crippen LogP contribution in [-0.2, 0) is 9.63 Å². The third-order valence-corrected chi connectivity index (χ3v) is 0.446. The molecule has 5 heteroatoms. The zero-order valence-electron chi connectivity index (χ0n) is 4.38. The molecule has 4 nitrogen and oxygen atoms in total. The van der Waals surface area contributed by atoms with Gasteiger partial charge in [0.25, 0.3) is 0 Å². The van der Waals surface area contributed by atoms with E-state index in [4.69, 9.17) is 5.73 Å². The molecule has 0 saturated carbocycles. The summed E-state index contributed by atoms with van der Waals surface area (Å²) in [4.78, 5) is 14.1. The van der Waals surface area contributed by atoms with E-state index in [1.165, 1.54) is 0 Å². The molecule has 0 radical (unpaired) electrons. The Kier molecular flexibility index (Phi) is 3.16. The van der Waals surface area contributed by atoms with Crippen LogP contribution in [0.3, 0.4) is 0 Å². The third kappa shape index (κ3) is 4.58. The fourth-order valence-corrected chi connectivity index (χ4v) is 0.168. The number of carbonyl (C=O) groups excluding carboxylic acids is 1. The van der Waals surface area contributed by atoms with Crippen LogP contribution in [0.15, 0.2) is 0 Å². The van der Waals surface area contributed by atoms with Gasteiger partial charge in [-0.05, 0) is 12.2 Å². The van der Waals surface area contributed by atoms with Gasteiger partial charge in [-0.2, -0.15) is 5.48 Å². The van der Waals surface area contributed by atoms with Crippen LogP contribution in [0.4, 0.5) is 0 Å². The molecule has 48 valence electrons. The lowest BCUT2D eigenvalue weighted by Gasteiger charge is -1.97. The molecule has 0 aromatic carbocycles. The minimum Gasteiger partial charge on any atom is -0.374 e. The van der Waals surface area contributed by atoms with E-state index in [0.717, 1.165) is 0 Å². The van der Waals surface area contributed by atoms with Crippen molar-refractivity contribution in [2.75, 3.05) is 0 Å². The van der Waals surface area contributed by atoms with Gasteiger partial charge in [0, 0.05) is 5.92 Å². The number of terminal acetylenes is 1. The van der Waals surface area contributed by atoms with E-state index >= 15 is 0 Å². The van der Waals surface area contributed by atoms with Crippen LogP contribution in [0.5, 0.6) is 0 Å². The first-order valence-electron chi connectivity index (χ1n) is 1.89. The van der Waals surface area contributed by atoms with E-state index in [1.54, 1.807) is 5.92 Å². The van der Waals surface area contributed by atoms with Gasteiger partial charge in [-0.15, -0.1) is 6.42 Å². The standard InChI is InChI=1S/C4H4N2O2S/c1-2-3(7)8-6-4(5)9/h1H,(H3,5,6,9). The first-order chi connectivity index (χ1) is 4.16. The van der Waals surface area contributed by atoms with Crippen molar-refractivity contribution < 1.29 is 9.63 Å². The number of nitrogens with one attached hydrogen (secondary N) is 1. The van der Waals surface area contributed by atoms with Crippen LogP contribution < -0.4 is 11.2 Å². The van der Waals surface area contributed by atoms with Crippen LogP contribution in [0, 0.1) is 12.3 Å². The van der Waals surface area contributed by atoms with Crippen LogP contribution in [0.2, 0.25) is 0 Å².